The lowest BCUT2D eigenvalue weighted by atomic mass is 9.74. The molecule has 0 bridgehead atoms. The van der Waals surface area contributed by atoms with Gasteiger partial charge in [-0.3, -0.25) is 0 Å². The van der Waals surface area contributed by atoms with E-state index >= 15 is 4.39 Å². The summed E-state index contributed by atoms with van der Waals surface area (Å²) in [6, 6.07) is 16.4. The maximum absolute atomic E-state index is 15.0. The molecule has 3 aromatic rings. The first-order valence-corrected chi connectivity index (χ1v) is 12.5. The summed E-state index contributed by atoms with van der Waals surface area (Å²) in [6.45, 7) is 5.32. The zero-order chi connectivity index (χ0) is 26.0. The highest BCUT2D eigenvalue weighted by atomic mass is 79.9. The van der Waals surface area contributed by atoms with Crippen molar-refractivity contribution in [1.82, 2.24) is 0 Å². The van der Waals surface area contributed by atoms with Crippen LogP contribution in [0.3, 0.4) is 0 Å². The standard InChI is InChI=1S/C28H24BrClF2O4/c1-15(2)20-13-21(19-5-3-4-6-23(19)30)26(16-7-9-18(31)10-8-16)36-27(20)22-11-17(29)12-24(32)28(22)35-14-25(33)34/h3-12,20-21,26-27H,1,13-14H2,2H3,(H,33,34)/t20-,21-,26+,27+/m1/s1. The lowest BCUT2D eigenvalue weighted by molar-refractivity contribution is -0.139. The first kappa shape index (κ1) is 26.3. The first-order chi connectivity index (χ1) is 17.2. The SMILES string of the molecule is C=C(C)[C@H]1C[C@H](c2ccccc2Cl)[C@H](c2ccc(F)cc2)O[C@@H]1c1cc(Br)cc(F)c1OCC(=O)O. The van der Waals surface area contributed by atoms with Crippen molar-refractivity contribution in [2.24, 2.45) is 5.92 Å². The quantitative estimate of drug-likeness (QED) is 0.289. The van der Waals surface area contributed by atoms with Crippen LogP contribution in [0.2, 0.25) is 5.02 Å². The Hall–Kier alpha value is -2.74. The molecule has 1 fully saturated rings. The van der Waals surface area contributed by atoms with Crippen LogP contribution in [0.1, 0.15) is 48.2 Å². The van der Waals surface area contributed by atoms with Crippen molar-refractivity contribution in [1.29, 1.82) is 0 Å². The molecule has 0 radical (unpaired) electrons. The summed E-state index contributed by atoms with van der Waals surface area (Å²) in [5, 5.41) is 9.70. The largest absolute Gasteiger partial charge is 0.479 e. The maximum Gasteiger partial charge on any atom is 0.341 e. The number of rotatable bonds is 7. The second-order valence-electron chi connectivity index (χ2n) is 8.83. The van der Waals surface area contributed by atoms with Crippen molar-refractivity contribution in [2.45, 2.75) is 31.5 Å². The van der Waals surface area contributed by atoms with Crippen LogP contribution < -0.4 is 4.74 Å². The first-order valence-electron chi connectivity index (χ1n) is 11.3. The van der Waals surface area contributed by atoms with Crippen molar-refractivity contribution in [3.63, 3.8) is 0 Å². The number of benzene rings is 3. The van der Waals surface area contributed by atoms with Gasteiger partial charge >= 0.3 is 5.97 Å². The van der Waals surface area contributed by atoms with Crippen LogP contribution in [0.15, 0.2) is 77.3 Å². The summed E-state index contributed by atoms with van der Waals surface area (Å²) in [5.74, 6) is -2.99. The van der Waals surface area contributed by atoms with Gasteiger partial charge in [0.1, 0.15) is 5.82 Å². The Morgan fingerprint density at radius 1 is 1.14 bits per heavy atom. The summed E-state index contributed by atoms with van der Waals surface area (Å²) in [6.07, 6.45) is -0.717. The molecule has 0 saturated carbocycles. The second kappa shape index (κ2) is 11.1. The van der Waals surface area contributed by atoms with E-state index in [2.05, 4.69) is 22.5 Å². The maximum atomic E-state index is 15.0. The minimum Gasteiger partial charge on any atom is -0.479 e. The molecule has 0 aliphatic carbocycles. The molecule has 3 aromatic carbocycles. The van der Waals surface area contributed by atoms with Gasteiger partial charge in [-0.25, -0.2) is 13.6 Å². The zero-order valence-corrected chi connectivity index (χ0v) is 21.7. The smallest absolute Gasteiger partial charge is 0.341 e. The molecule has 1 aliphatic rings. The van der Waals surface area contributed by atoms with Crippen molar-refractivity contribution in [2.75, 3.05) is 6.61 Å². The van der Waals surface area contributed by atoms with E-state index in [0.717, 1.165) is 16.7 Å². The average molecular weight is 578 g/mol. The van der Waals surface area contributed by atoms with Gasteiger partial charge in [-0.15, -0.1) is 0 Å². The Balaban J connectivity index is 1.85. The molecule has 0 spiro atoms. The minimum absolute atomic E-state index is 0.189. The van der Waals surface area contributed by atoms with E-state index in [1.54, 1.807) is 18.2 Å². The number of hydrogen-bond acceptors (Lipinski definition) is 3. The van der Waals surface area contributed by atoms with Crippen LogP contribution in [0.25, 0.3) is 0 Å². The van der Waals surface area contributed by atoms with Crippen LogP contribution in [0, 0.1) is 17.6 Å². The topological polar surface area (TPSA) is 55.8 Å². The molecule has 0 amide bonds. The van der Waals surface area contributed by atoms with Crippen LogP contribution in [-0.4, -0.2) is 17.7 Å². The van der Waals surface area contributed by atoms with Crippen LogP contribution in [0.4, 0.5) is 8.78 Å². The van der Waals surface area contributed by atoms with Gasteiger partial charge in [0.05, 0.1) is 12.2 Å². The van der Waals surface area contributed by atoms with E-state index in [1.807, 2.05) is 31.2 Å². The lowest BCUT2D eigenvalue weighted by Gasteiger charge is -2.43. The molecule has 4 nitrogen and oxygen atoms in total. The fourth-order valence-electron chi connectivity index (χ4n) is 4.73. The van der Waals surface area contributed by atoms with Gasteiger partial charge in [0.25, 0.3) is 0 Å². The molecule has 1 aliphatic heterocycles. The molecule has 1 N–H and O–H groups in total. The molecular formula is C28H24BrClF2O4. The van der Waals surface area contributed by atoms with Gasteiger partial charge in [-0.2, -0.15) is 0 Å². The fourth-order valence-corrected chi connectivity index (χ4v) is 5.45. The molecule has 188 valence electrons. The number of carboxylic acid groups (broad SMARTS) is 1. The van der Waals surface area contributed by atoms with Gasteiger partial charge in [0.15, 0.2) is 18.2 Å². The Labute approximate surface area is 221 Å². The normalized spacial score (nSPS) is 21.7. The average Bonchev–Trinajstić information content (AvgIpc) is 2.83. The third-order valence-corrected chi connectivity index (χ3v) is 7.15. The number of hydrogen-bond donors (Lipinski definition) is 1. The number of carboxylic acids is 1. The Morgan fingerprint density at radius 2 is 1.83 bits per heavy atom. The summed E-state index contributed by atoms with van der Waals surface area (Å²) >= 11 is 9.91. The predicted octanol–water partition coefficient (Wildman–Crippen LogP) is 8.02. The lowest BCUT2D eigenvalue weighted by Crippen LogP contribution is -2.32. The highest BCUT2D eigenvalue weighted by molar-refractivity contribution is 9.10. The zero-order valence-electron chi connectivity index (χ0n) is 19.4. The van der Waals surface area contributed by atoms with Crippen molar-refractivity contribution >= 4 is 33.5 Å². The summed E-state index contributed by atoms with van der Waals surface area (Å²) in [5.41, 5.74) is 2.77. The van der Waals surface area contributed by atoms with E-state index in [-0.39, 0.29) is 23.4 Å². The molecule has 0 unspecified atom stereocenters. The van der Waals surface area contributed by atoms with Crippen molar-refractivity contribution < 1.29 is 28.2 Å². The van der Waals surface area contributed by atoms with Gasteiger partial charge < -0.3 is 14.6 Å². The van der Waals surface area contributed by atoms with Crippen molar-refractivity contribution in [3.8, 4) is 5.75 Å². The highest BCUT2D eigenvalue weighted by Gasteiger charge is 2.42. The van der Waals surface area contributed by atoms with Gasteiger partial charge in [-0.05, 0) is 54.8 Å². The summed E-state index contributed by atoms with van der Waals surface area (Å²) in [4.78, 5) is 11.2. The second-order valence-corrected chi connectivity index (χ2v) is 10.2. The predicted molar refractivity (Wildman–Crippen MR) is 137 cm³/mol. The van der Waals surface area contributed by atoms with E-state index in [1.165, 1.54) is 18.2 Å². The molecule has 0 aromatic heterocycles. The van der Waals surface area contributed by atoms with E-state index in [9.17, 15) is 9.18 Å². The number of ether oxygens (including phenoxy) is 2. The summed E-state index contributed by atoms with van der Waals surface area (Å²) in [7, 11) is 0. The monoisotopic (exact) mass is 576 g/mol. The molecule has 4 atom stereocenters. The minimum atomic E-state index is -1.23. The molecule has 36 heavy (non-hydrogen) atoms. The van der Waals surface area contributed by atoms with Gasteiger partial charge in [0, 0.05) is 26.9 Å². The molecule has 1 heterocycles. The van der Waals surface area contributed by atoms with Crippen LogP contribution in [-0.2, 0) is 9.53 Å². The Morgan fingerprint density at radius 3 is 2.47 bits per heavy atom. The number of halogens is 4. The summed E-state index contributed by atoms with van der Waals surface area (Å²) < 4.78 is 41.3. The fraction of sp³-hybridized carbons (Fsp3) is 0.250. The third kappa shape index (κ3) is 5.64. The van der Waals surface area contributed by atoms with Gasteiger partial charge in [-0.1, -0.05) is 70.0 Å². The Kier molecular flexibility index (Phi) is 8.13. The number of carbonyl (C=O) groups is 1. The molecule has 1 saturated heterocycles. The van der Waals surface area contributed by atoms with Crippen LogP contribution in [0.5, 0.6) is 5.75 Å². The molecular weight excluding hydrogens is 554 g/mol. The van der Waals surface area contributed by atoms with Gasteiger partial charge in [0.2, 0.25) is 0 Å². The van der Waals surface area contributed by atoms with Crippen LogP contribution >= 0.6 is 27.5 Å². The third-order valence-electron chi connectivity index (χ3n) is 6.35. The van der Waals surface area contributed by atoms with E-state index in [4.69, 9.17) is 26.2 Å². The number of aliphatic carboxylic acids is 1. The van der Waals surface area contributed by atoms with E-state index < -0.39 is 30.6 Å². The Bertz CT molecular complexity index is 1280. The highest BCUT2D eigenvalue weighted by Crippen LogP contribution is 2.54. The van der Waals surface area contributed by atoms with E-state index in [0.29, 0.717) is 21.5 Å². The van der Waals surface area contributed by atoms with Crippen molar-refractivity contribution in [3.05, 3.63) is 111 Å². The molecule has 8 heteroatoms. The molecule has 4 rings (SSSR count).